The number of aliphatic carboxylic acids is 1. The molecule has 23 nitrogen and oxygen atoms in total. The Balaban J connectivity index is 1.67. The summed E-state index contributed by atoms with van der Waals surface area (Å²) < 4.78 is 38.4. The molecule has 5 rings (SSSR count). The quantitative estimate of drug-likeness (QED) is 0.0373. The lowest BCUT2D eigenvalue weighted by Gasteiger charge is -2.33. The number of rotatable bonds is 20. The number of carboxylic acids is 1. The Labute approximate surface area is 416 Å². The van der Waals surface area contributed by atoms with Crippen molar-refractivity contribution >= 4 is 45.5 Å². The lowest BCUT2D eigenvalue weighted by molar-refractivity contribution is -0.143. The first kappa shape index (κ1) is 56.0. The number of amides is 4. The highest BCUT2D eigenvalue weighted by Crippen LogP contribution is 2.48. The molecular formula is C48H64N10O13S. The number of allylic oxidation sites excluding steroid dienone is 1. The molecular weight excluding hydrogens is 957 g/mol. The van der Waals surface area contributed by atoms with Gasteiger partial charge in [0.25, 0.3) is 16.1 Å². The van der Waals surface area contributed by atoms with Crippen molar-refractivity contribution in [2.75, 3.05) is 39.9 Å². The predicted molar refractivity (Wildman–Crippen MR) is 265 cm³/mol. The standard InChI is InChI=1S/C48H64N10O13S/c1-24(51)40(26(3)54-25(2)29-8-10-31(11-9-29)48(5)13-14-48)44(63)57-37(21-53-72(52,68)69)46(65)58(6)41-30-17-35(42(61)39(18-30)71-23-33(60)20-50)34-15-28(7-12-38(34)70-22-32(59)19-49)16-36(47(66)67)56-43(62)27(4)55-45(41)64/h7-12,15,17-18,27,32-33,36-37,41,53,59-61H,1,13-14,16,19-23,49-51H2,2-6H3,(H,55,64)(H,56,62)(H,57,63)(H,66,67)(H2,52,68,69)/b40-26+,54-25+/t27-,32+,33+,36?,37-,41-/m0/s1. The second kappa shape index (κ2) is 23.5. The summed E-state index contributed by atoms with van der Waals surface area (Å²) in [5, 5.41) is 55.4. The number of fused-ring (bicyclic) bond motifs is 5. The molecule has 390 valence electrons. The van der Waals surface area contributed by atoms with Crippen molar-refractivity contribution in [3.63, 3.8) is 0 Å². The van der Waals surface area contributed by atoms with Gasteiger partial charge in [0.2, 0.25) is 17.7 Å². The summed E-state index contributed by atoms with van der Waals surface area (Å²) >= 11 is 0. The van der Waals surface area contributed by atoms with E-state index >= 15 is 0 Å². The number of nitrogens with zero attached hydrogens (tertiary/aromatic N) is 2. The van der Waals surface area contributed by atoms with Crippen molar-refractivity contribution in [1.82, 2.24) is 25.6 Å². The number of nitrogens with one attached hydrogen (secondary N) is 4. The summed E-state index contributed by atoms with van der Waals surface area (Å²) in [6.45, 7) is 8.18. The molecule has 1 unspecified atom stereocenters. The van der Waals surface area contributed by atoms with Gasteiger partial charge < -0.3 is 68.0 Å². The summed E-state index contributed by atoms with van der Waals surface area (Å²) in [7, 11) is -3.43. The third-order valence-corrected chi connectivity index (χ3v) is 12.8. The van der Waals surface area contributed by atoms with Crippen LogP contribution in [0.3, 0.4) is 0 Å². The Bertz CT molecular complexity index is 2750. The van der Waals surface area contributed by atoms with Crippen LogP contribution in [0.15, 0.2) is 83.1 Å². The first-order valence-corrected chi connectivity index (χ1v) is 24.3. The number of hydrogen-bond acceptors (Lipinski definition) is 16. The molecule has 3 aromatic carbocycles. The zero-order valence-electron chi connectivity index (χ0n) is 40.6. The molecule has 1 aliphatic carbocycles. The Morgan fingerprint density at radius 2 is 1.56 bits per heavy atom. The van der Waals surface area contributed by atoms with E-state index in [1.54, 1.807) is 6.92 Å². The number of aromatic hydroxyl groups is 1. The molecule has 6 atom stereocenters. The van der Waals surface area contributed by atoms with Crippen LogP contribution in [-0.4, -0.2) is 139 Å². The van der Waals surface area contributed by atoms with E-state index in [0.717, 1.165) is 36.4 Å². The van der Waals surface area contributed by atoms with Crippen LogP contribution in [0, 0.1) is 0 Å². The molecule has 0 radical (unpaired) electrons. The summed E-state index contributed by atoms with van der Waals surface area (Å²) in [4.78, 5) is 75.4. The van der Waals surface area contributed by atoms with Crippen LogP contribution in [0.4, 0.5) is 0 Å². The SMILES string of the molecule is C=C(N)/C(C(=O)N[C@@H](CNS(N)(=O)=O)C(=O)N(C)[C@@H]1C(=O)N[C@@H](C)C(=O)NC(C(=O)O)Cc2ccc(OC[C@H](O)CN)c(c2)-c2cc1cc(OC[C@H](O)CN)c2O)=C(C)\N=C(/C)c1ccc(C2(C)CC2)cc1. The topological polar surface area (TPSA) is 387 Å². The van der Waals surface area contributed by atoms with Gasteiger partial charge in [0.05, 0.1) is 11.3 Å². The van der Waals surface area contributed by atoms with Crippen molar-refractivity contribution in [3.05, 3.63) is 100 Å². The fourth-order valence-corrected chi connectivity index (χ4v) is 8.20. The molecule has 3 aromatic rings. The van der Waals surface area contributed by atoms with E-state index in [-0.39, 0.29) is 76.7 Å². The summed E-state index contributed by atoms with van der Waals surface area (Å²) in [6, 6.07) is 7.83. The summed E-state index contributed by atoms with van der Waals surface area (Å²) in [6.07, 6.45) is -0.559. The number of aliphatic imine (C=N–C) groups is 1. The monoisotopic (exact) mass is 1020 g/mol. The van der Waals surface area contributed by atoms with Crippen LogP contribution in [0.1, 0.15) is 68.8 Å². The molecule has 72 heavy (non-hydrogen) atoms. The molecule has 0 aromatic heterocycles. The van der Waals surface area contributed by atoms with Crippen molar-refractivity contribution in [2.45, 2.75) is 88.7 Å². The van der Waals surface area contributed by atoms with Crippen LogP contribution in [0.5, 0.6) is 17.2 Å². The van der Waals surface area contributed by atoms with Gasteiger partial charge in [-0.3, -0.25) is 24.2 Å². The van der Waals surface area contributed by atoms with E-state index in [1.165, 1.54) is 43.7 Å². The molecule has 1 heterocycles. The Hall–Kier alpha value is -6.93. The zero-order valence-corrected chi connectivity index (χ0v) is 41.4. The molecule has 1 saturated carbocycles. The van der Waals surface area contributed by atoms with Gasteiger partial charge >= 0.3 is 5.97 Å². The number of ether oxygens (including phenoxy) is 2. The minimum atomic E-state index is -4.55. The van der Waals surface area contributed by atoms with Crippen molar-refractivity contribution in [1.29, 1.82) is 0 Å². The number of aliphatic hydroxyl groups excluding tert-OH is 2. The molecule has 0 saturated heterocycles. The van der Waals surface area contributed by atoms with Gasteiger partial charge in [-0.15, -0.1) is 0 Å². The number of hydrogen-bond donors (Lipinski definition) is 12. The molecule has 16 N–H and O–H groups in total. The predicted octanol–water partition coefficient (Wildman–Crippen LogP) is -0.829. The number of carbonyl (C=O) groups excluding carboxylic acids is 4. The van der Waals surface area contributed by atoms with Gasteiger partial charge in [-0.1, -0.05) is 43.8 Å². The normalized spacial score (nSPS) is 19.5. The highest BCUT2D eigenvalue weighted by Gasteiger charge is 2.39. The number of carboxylic acid groups (broad SMARTS) is 1. The van der Waals surface area contributed by atoms with E-state index in [2.05, 4.69) is 34.4 Å². The third-order valence-electron chi connectivity index (χ3n) is 12.3. The van der Waals surface area contributed by atoms with E-state index in [1.807, 2.05) is 29.0 Å². The average molecular weight is 1020 g/mol. The highest BCUT2D eigenvalue weighted by molar-refractivity contribution is 7.87. The highest BCUT2D eigenvalue weighted by atomic mass is 32.2. The first-order chi connectivity index (χ1) is 33.8. The van der Waals surface area contributed by atoms with Gasteiger partial charge in [0, 0.05) is 55.6 Å². The van der Waals surface area contributed by atoms with Gasteiger partial charge in [-0.05, 0) is 85.5 Å². The van der Waals surface area contributed by atoms with Gasteiger partial charge in [0.1, 0.15) is 55.3 Å². The van der Waals surface area contributed by atoms with Crippen molar-refractivity contribution < 1.29 is 62.3 Å². The zero-order chi connectivity index (χ0) is 53.4. The lowest BCUT2D eigenvalue weighted by atomic mass is 9.93. The van der Waals surface area contributed by atoms with Crippen LogP contribution in [0.25, 0.3) is 11.1 Å². The van der Waals surface area contributed by atoms with E-state index in [0.29, 0.717) is 11.3 Å². The van der Waals surface area contributed by atoms with Crippen LogP contribution in [-0.2, 0) is 46.0 Å². The van der Waals surface area contributed by atoms with E-state index in [4.69, 9.17) is 31.8 Å². The Morgan fingerprint density at radius 3 is 2.11 bits per heavy atom. The molecule has 24 heteroatoms. The average Bonchev–Trinajstić information content (AvgIpc) is 4.08. The summed E-state index contributed by atoms with van der Waals surface area (Å²) in [5.74, 6) is -6.59. The maximum absolute atomic E-state index is 14.9. The molecule has 0 spiro atoms. The number of phenolic OH excluding ortho intramolecular Hbond substituents is 1. The van der Waals surface area contributed by atoms with Crippen molar-refractivity contribution in [2.24, 2.45) is 27.3 Å². The second-order valence-corrected chi connectivity index (χ2v) is 19.5. The Morgan fingerprint density at radius 1 is 0.944 bits per heavy atom. The van der Waals surface area contributed by atoms with Crippen LogP contribution >= 0.6 is 0 Å². The second-order valence-electron chi connectivity index (χ2n) is 18.1. The maximum Gasteiger partial charge on any atom is 0.326 e. The van der Waals surface area contributed by atoms with E-state index < -0.39 is 95.1 Å². The first-order valence-electron chi connectivity index (χ1n) is 22.8. The largest absolute Gasteiger partial charge is 0.504 e. The van der Waals surface area contributed by atoms with Gasteiger partial charge in [0.15, 0.2) is 11.5 Å². The maximum atomic E-state index is 14.9. The molecule has 4 amide bonds. The van der Waals surface area contributed by atoms with Gasteiger partial charge in [-0.25, -0.2) is 9.93 Å². The molecule has 1 fully saturated rings. The number of likely N-dealkylation sites (N-methyl/N-ethyl adjacent to an activating group) is 1. The minimum Gasteiger partial charge on any atom is -0.504 e. The van der Waals surface area contributed by atoms with Crippen LogP contribution in [0.2, 0.25) is 0 Å². The fraction of sp³-hybridized carbons (Fsp3) is 0.417. The van der Waals surface area contributed by atoms with Crippen LogP contribution < -0.4 is 52.5 Å². The molecule has 1 aliphatic heterocycles. The fourth-order valence-electron chi connectivity index (χ4n) is 7.80. The lowest BCUT2D eigenvalue weighted by Crippen LogP contribution is -2.57. The molecule has 2 aliphatic rings. The number of phenols is 1. The summed E-state index contributed by atoms with van der Waals surface area (Å²) in [5.41, 5.74) is 19.6. The number of carbonyl (C=O) groups is 5. The third kappa shape index (κ3) is 14.1. The van der Waals surface area contributed by atoms with E-state index in [9.17, 15) is 52.8 Å². The molecule has 4 bridgehead atoms. The number of nitrogens with two attached hydrogens (primary N) is 4. The number of aliphatic hydroxyl groups is 2. The minimum absolute atomic E-state index is 0.00612. The van der Waals surface area contributed by atoms with Gasteiger partial charge in [-0.2, -0.15) is 13.1 Å². The smallest absolute Gasteiger partial charge is 0.326 e. The number of benzene rings is 3. The Kier molecular flexibility index (Phi) is 18.3. The van der Waals surface area contributed by atoms with Crippen molar-refractivity contribution in [3.8, 4) is 28.4 Å².